The maximum absolute atomic E-state index is 6.36. The molecule has 1 heterocycles. The maximum atomic E-state index is 6.36. The molecule has 0 amide bonds. The summed E-state index contributed by atoms with van der Waals surface area (Å²) in [5, 5.41) is 5.38. The summed E-state index contributed by atoms with van der Waals surface area (Å²) in [5.74, 6) is 0.309. The molecule has 0 spiro atoms. The van der Waals surface area contributed by atoms with E-state index in [-0.39, 0.29) is 6.04 Å². The number of nitrogens with two attached hydrogens (primary N) is 1. The summed E-state index contributed by atoms with van der Waals surface area (Å²) in [6, 6.07) is 18.3. The minimum atomic E-state index is 0.0200. The van der Waals surface area contributed by atoms with Gasteiger partial charge >= 0.3 is 0 Å². The molecule has 2 N–H and O–H groups in total. The molecule has 2 unspecified atom stereocenters. The molecule has 0 bridgehead atoms. The summed E-state index contributed by atoms with van der Waals surface area (Å²) in [6.07, 6.45) is 1.87. The lowest BCUT2D eigenvalue weighted by Gasteiger charge is -2.18. The Balaban J connectivity index is 1.85. The molecular formula is C18H20N2O. The van der Waals surface area contributed by atoms with Gasteiger partial charge in [0.25, 0.3) is 0 Å². The van der Waals surface area contributed by atoms with Gasteiger partial charge in [0.15, 0.2) is 5.58 Å². The third-order valence-electron chi connectivity index (χ3n) is 4.05. The van der Waals surface area contributed by atoms with Gasteiger partial charge in [-0.15, -0.1) is 0 Å². The first-order chi connectivity index (χ1) is 10.3. The standard InChI is InChI=1S/C18H20N2O/c1-2-13(12-16(19)14-8-4-3-5-9-14)18-15-10-6-7-11-17(15)21-20-18/h3-11,13,16H,2,12,19H2,1H3. The van der Waals surface area contributed by atoms with E-state index in [1.165, 1.54) is 5.56 Å². The van der Waals surface area contributed by atoms with Crippen LogP contribution in [0.15, 0.2) is 59.1 Å². The van der Waals surface area contributed by atoms with Crippen LogP contribution in [0.25, 0.3) is 11.0 Å². The number of fused-ring (bicyclic) bond motifs is 1. The monoisotopic (exact) mass is 280 g/mol. The highest BCUT2D eigenvalue weighted by Crippen LogP contribution is 2.33. The van der Waals surface area contributed by atoms with Crippen molar-refractivity contribution in [2.45, 2.75) is 31.7 Å². The highest BCUT2D eigenvalue weighted by atomic mass is 16.5. The minimum absolute atomic E-state index is 0.0200. The van der Waals surface area contributed by atoms with Gasteiger partial charge in [0.05, 0.1) is 5.69 Å². The highest BCUT2D eigenvalue weighted by molar-refractivity contribution is 5.79. The number of para-hydroxylation sites is 1. The van der Waals surface area contributed by atoms with Gasteiger partial charge in [-0.25, -0.2) is 0 Å². The van der Waals surface area contributed by atoms with Gasteiger partial charge < -0.3 is 10.3 Å². The largest absolute Gasteiger partial charge is 0.356 e. The quantitative estimate of drug-likeness (QED) is 0.753. The van der Waals surface area contributed by atoms with Crippen LogP contribution in [0.4, 0.5) is 0 Å². The highest BCUT2D eigenvalue weighted by Gasteiger charge is 2.20. The van der Waals surface area contributed by atoms with Crippen molar-refractivity contribution >= 4 is 11.0 Å². The molecule has 0 saturated heterocycles. The fraction of sp³-hybridized carbons (Fsp3) is 0.278. The van der Waals surface area contributed by atoms with Gasteiger partial charge in [-0.1, -0.05) is 54.5 Å². The maximum Gasteiger partial charge on any atom is 0.167 e. The van der Waals surface area contributed by atoms with Crippen LogP contribution in [-0.4, -0.2) is 5.16 Å². The van der Waals surface area contributed by atoms with Gasteiger partial charge in [0.2, 0.25) is 0 Å². The summed E-state index contributed by atoms with van der Waals surface area (Å²) in [6.45, 7) is 2.17. The van der Waals surface area contributed by atoms with Crippen LogP contribution in [0, 0.1) is 0 Å². The summed E-state index contributed by atoms with van der Waals surface area (Å²) in [7, 11) is 0. The van der Waals surface area contributed by atoms with Crippen molar-refractivity contribution in [3.05, 3.63) is 65.9 Å². The van der Waals surface area contributed by atoms with Crippen molar-refractivity contribution < 1.29 is 4.52 Å². The Morgan fingerprint density at radius 2 is 1.76 bits per heavy atom. The Morgan fingerprint density at radius 1 is 1.05 bits per heavy atom. The minimum Gasteiger partial charge on any atom is -0.356 e. The first-order valence-corrected chi connectivity index (χ1v) is 7.44. The van der Waals surface area contributed by atoms with Crippen molar-refractivity contribution in [1.82, 2.24) is 5.16 Å². The second kappa shape index (κ2) is 6.10. The van der Waals surface area contributed by atoms with Gasteiger partial charge in [0.1, 0.15) is 0 Å². The predicted molar refractivity (Wildman–Crippen MR) is 85.0 cm³/mol. The van der Waals surface area contributed by atoms with E-state index in [1.54, 1.807) is 0 Å². The fourth-order valence-electron chi connectivity index (χ4n) is 2.81. The Labute approximate surface area is 124 Å². The smallest absolute Gasteiger partial charge is 0.167 e. The number of rotatable bonds is 5. The van der Waals surface area contributed by atoms with Gasteiger partial charge in [0, 0.05) is 17.3 Å². The van der Waals surface area contributed by atoms with Crippen molar-refractivity contribution in [2.24, 2.45) is 5.73 Å². The zero-order valence-electron chi connectivity index (χ0n) is 12.2. The predicted octanol–water partition coefficient (Wildman–Crippen LogP) is 4.41. The molecule has 3 heteroatoms. The lowest BCUT2D eigenvalue weighted by molar-refractivity contribution is 0.422. The Bertz CT molecular complexity index is 705. The molecule has 0 aliphatic carbocycles. The van der Waals surface area contributed by atoms with Crippen molar-refractivity contribution in [3.63, 3.8) is 0 Å². The molecule has 3 aromatic rings. The average Bonchev–Trinajstić information content (AvgIpc) is 2.97. The van der Waals surface area contributed by atoms with Crippen LogP contribution in [0.3, 0.4) is 0 Å². The molecular weight excluding hydrogens is 260 g/mol. The molecule has 0 aliphatic rings. The molecule has 108 valence electrons. The normalized spacial score (nSPS) is 14.2. The molecule has 2 aromatic carbocycles. The number of aromatic nitrogens is 1. The Morgan fingerprint density at radius 3 is 2.52 bits per heavy atom. The molecule has 1 aromatic heterocycles. The topological polar surface area (TPSA) is 52.0 Å². The number of hydrogen-bond acceptors (Lipinski definition) is 3. The first-order valence-electron chi connectivity index (χ1n) is 7.44. The molecule has 0 fully saturated rings. The molecule has 3 rings (SSSR count). The van der Waals surface area contributed by atoms with E-state index in [4.69, 9.17) is 10.3 Å². The zero-order chi connectivity index (χ0) is 14.7. The SMILES string of the molecule is CCC(CC(N)c1ccccc1)c1noc2ccccc12. The molecule has 0 saturated carbocycles. The molecule has 2 atom stereocenters. The second-order valence-corrected chi connectivity index (χ2v) is 5.42. The second-order valence-electron chi connectivity index (χ2n) is 5.42. The van der Waals surface area contributed by atoms with Crippen LogP contribution >= 0.6 is 0 Å². The molecule has 0 aliphatic heterocycles. The lowest BCUT2D eigenvalue weighted by Crippen LogP contribution is -2.14. The van der Waals surface area contributed by atoms with Crippen molar-refractivity contribution in [2.75, 3.05) is 0 Å². The van der Waals surface area contributed by atoms with E-state index in [0.29, 0.717) is 5.92 Å². The van der Waals surface area contributed by atoms with E-state index in [0.717, 1.165) is 29.5 Å². The van der Waals surface area contributed by atoms with Crippen LogP contribution in [0.1, 0.15) is 43.0 Å². The first kappa shape index (κ1) is 13.8. The van der Waals surface area contributed by atoms with Gasteiger partial charge in [-0.2, -0.15) is 0 Å². The van der Waals surface area contributed by atoms with E-state index >= 15 is 0 Å². The van der Waals surface area contributed by atoms with Crippen molar-refractivity contribution in [1.29, 1.82) is 0 Å². The molecule has 3 nitrogen and oxygen atoms in total. The molecule has 21 heavy (non-hydrogen) atoms. The third kappa shape index (κ3) is 2.83. The van der Waals surface area contributed by atoms with E-state index < -0.39 is 0 Å². The van der Waals surface area contributed by atoms with E-state index in [2.05, 4.69) is 30.3 Å². The van der Waals surface area contributed by atoms with Gasteiger partial charge in [-0.05, 0) is 30.5 Å². The van der Waals surface area contributed by atoms with Crippen LogP contribution in [0.2, 0.25) is 0 Å². The van der Waals surface area contributed by atoms with E-state index in [9.17, 15) is 0 Å². The molecule has 0 radical (unpaired) electrons. The number of benzene rings is 2. The Kier molecular flexibility index (Phi) is 4.02. The van der Waals surface area contributed by atoms with Crippen LogP contribution in [-0.2, 0) is 0 Å². The summed E-state index contributed by atoms with van der Waals surface area (Å²) in [4.78, 5) is 0. The summed E-state index contributed by atoms with van der Waals surface area (Å²) >= 11 is 0. The number of nitrogens with zero attached hydrogens (tertiary/aromatic N) is 1. The summed E-state index contributed by atoms with van der Waals surface area (Å²) in [5.41, 5.74) is 9.41. The average molecular weight is 280 g/mol. The third-order valence-corrected chi connectivity index (χ3v) is 4.05. The van der Waals surface area contributed by atoms with E-state index in [1.807, 2.05) is 36.4 Å². The number of hydrogen-bond donors (Lipinski definition) is 1. The van der Waals surface area contributed by atoms with Crippen LogP contribution < -0.4 is 5.73 Å². The van der Waals surface area contributed by atoms with Crippen molar-refractivity contribution in [3.8, 4) is 0 Å². The van der Waals surface area contributed by atoms with Gasteiger partial charge in [-0.3, -0.25) is 0 Å². The Hall–Kier alpha value is -2.13. The fourth-order valence-corrected chi connectivity index (χ4v) is 2.81. The van der Waals surface area contributed by atoms with Crippen LogP contribution in [0.5, 0.6) is 0 Å². The zero-order valence-corrected chi connectivity index (χ0v) is 12.2. The lowest BCUT2D eigenvalue weighted by atomic mass is 9.89. The summed E-state index contributed by atoms with van der Waals surface area (Å²) < 4.78 is 5.43.